The van der Waals surface area contributed by atoms with Crippen molar-refractivity contribution in [2.45, 2.75) is 26.4 Å². The third-order valence-corrected chi connectivity index (χ3v) is 5.15. The zero-order chi connectivity index (χ0) is 18.3. The van der Waals surface area contributed by atoms with Gasteiger partial charge in [-0.2, -0.15) is 4.31 Å². The summed E-state index contributed by atoms with van der Waals surface area (Å²) in [4.78, 5) is 15.9. The normalized spacial score (nSPS) is 11.5. The van der Waals surface area contributed by atoms with Gasteiger partial charge in [0.25, 0.3) is 0 Å². The van der Waals surface area contributed by atoms with Gasteiger partial charge in [-0.15, -0.1) is 0 Å². The minimum Gasteiger partial charge on any atom is -0.352 e. The van der Waals surface area contributed by atoms with Crippen molar-refractivity contribution < 1.29 is 13.2 Å². The lowest BCUT2D eigenvalue weighted by Gasteiger charge is -2.20. The number of aryl methyl sites for hydroxylation is 1. The lowest BCUT2D eigenvalue weighted by atomic mass is 10.1. The number of sulfonamides is 1. The molecule has 0 radical (unpaired) electrons. The van der Waals surface area contributed by atoms with Crippen LogP contribution in [-0.2, 0) is 27.9 Å². The minimum absolute atomic E-state index is 0.115. The highest BCUT2D eigenvalue weighted by Gasteiger charge is 2.19. The van der Waals surface area contributed by atoms with E-state index in [1.54, 1.807) is 12.4 Å². The summed E-state index contributed by atoms with van der Waals surface area (Å²) in [7, 11) is -3.40. The number of rotatable bonds is 8. The van der Waals surface area contributed by atoms with Gasteiger partial charge in [-0.1, -0.05) is 24.3 Å². The number of carbonyl (C=O) groups excluding carboxylic acids is 1. The number of benzene rings is 1. The molecular weight excluding hydrogens is 338 g/mol. The molecule has 1 amide bonds. The van der Waals surface area contributed by atoms with Gasteiger partial charge >= 0.3 is 0 Å². The molecule has 0 aliphatic carbocycles. The van der Waals surface area contributed by atoms with Crippen molar-refractivity contribution in [3.63, 3.8) is 0 Å². The monoisotopic (exact) mass is 361 g/mol. The summed E-state index contributed by atoms with van der Waals surface area (Å²) in [6.07, 6.45) is 4.61. The van der Waals surface area contributed by atoms with E-state index in [-0.39, 0.29) is 25.4 Å². The summed E-state index contributed by atoms with van der Waals surface area (Å²) >= 11 is 0. The molecule has 0 unspecified atom stereocenters. The van der Waals surface area contributed by atoms with Gasteiger partial charge in [-0.25, -0.2) is 8.42 Å². The largest absolute Gasteiger partial charge is 0.352 e. The molecule has 6 nitrogen and oxygen atoms in total. The van der Waals surface area contributed by atoms with E-state index in [0.717, 1.165) is 16.7 Å². The number of aromatic nitrogens is 1. The summed E-state index contributed by atoms with van der Waals surface area (Å²) in [6.45, 7) is 2.76. The molecule has 2 rings (SSSR count). The Morgan fingerprint density at radius 2 is 1.84 bits per heavy atom. The molecule has 2 aromatic rings. The van der Waals surface area contributed by atoms with Gasteiger partial charge in [0.1, 0.15) is 0 Å². The summed E-state index contributed by atoms with van der Waals surface area (Å²) in [5.41, 5.74) is 2.91. The third kappa shape index (κ3) is 6.28. The van der Waals surface area contributed by atoms with Crippen molar-refractivity contribution >= 4 is 15.9 Å². The van der Waals surface area contributed by atoms with Crippen molar-refractivity contribution in [2.24, 2.45) is 0 Å². The number of hydrogen-bond donors (Lipinski definition) is 1. The smallest absolute Gasteiger partial charge is 0.221 e. The lowest BCUT2D eigenvalue weighted by Crippen LogP contribution is -2.34. The first-order valence-electron chi connectivity index (χ1n) is 8.01. The van der Waals surface area contributed by atoms with Crippen molar-refractivity contribution in [2.75, 3.05) is 12.8 Å². The van der Waals surface area contributed by atoms with Crippen LogP contribution in [-0.4, -0.2) is 36.4 Å². The number of pyridine rings is 1. The summed E-state index contributed by atoms with van der Waals surface area (Å²) in [6, 6.07) is 11.3. The van der Waals surface area contributed by atoms with E-state index in [1.165, 1.54) is 10.6 Å². The molecule has 0 saturated heterocycles. The van der Waals surface area contributed by atoms with Crippen molar-refractivity contribution in [1.29, 1.82) is 0 Å². The average molecular weight is 361 g/mol. The van der Waals surface area contributed by atoms with Crippen LogP contribution >= 0.6 is 0 Å². The molecule has 0 bridgehead atoms. The Labute approximate surface area is 148 Å². The average Bonchev–Trinajstić information content (AvgIpc) is 2.58. The predicted octanol–water partition coefficient (Wildman–Crippen LogP) is 1.86. The number of carbonyl (C=O) groups is 1. The Morgan fingerprint density at radius 3 is 2.48 bits per heavy atom. The second kappa shape index (κ2) is 8.73. The number of nitrogens with zero attached hydrogens (tertiary/aromatic N) is 2. The van der Waals surface area contributed by atoms with E-state index in [1.807, 2.05) is 43.3 Å². The molecule has 0 aliphatic rings. The lowest BCUT2D eigenvalue weighted by molar-refractivity contribution is -0.121. The summed E-state index contributed by atoms with van der Waals surface area (Å²) < 4.78 is 25.4. The number of nitrogens with one attached hydrogen (secondary N) is 1. The molecule has 0 spiro atoms. The van der Waals surface area contributed by atoms with E-state index in [2.05, 4.69) is 10.3 Å². The highest BCUT2D eigenvalue weighted by atomic mass is 32.2. The molecule has 1 aromatic carbocycles. The van der Waals surface area contributed by atoms with Gasteiger partial charge in [-0.3, -0.25) is 9.78 Å². The van der Waals surface area contributed by atoms with Gasteiger partial charge in [0.15, 0.2) is 0 Å². The standard InChI is InChI=1S/C18H23N3O3S/c1-15-5-3-4-6-17(15)14-21(25(2,23)24)12-9-18(22)20-13-16-7-10-19-11-8-16/h3-8,10-11H,9,12-14H2,1-2H3,(H,20,22). The molecule has 0 aliphatic heterocycles. The highest BCUT2D eigenvalue weighted by Crippen LogP contribution is 2.13. The predicted molar refractivity (Wildman–Crippen MR) is 97.1 cm³/mol. The fraction of sp³-hybridized carbons (Fsp3) is 0.333. The molecule has 0 saturated carbocycles. The molecule has 1 heterocycles. The topological polar surface area (TPSA) is 79.4 Å². The quantitative estimate of drug-likeness (QED) is 0.778. The van der Waals surface area contributed by atoms with Gasteiger partial charge in [-0.05, 0) is 35.7 Å². The van der Waals surface area contributed by atoms with Crippen molar-refractivity contribution in [1.82, 2.24) is 14.6 Å². The number of amides is 1. The van der Waals surface area contributed by atoms with Crippen LogP contribution in [0.15, 0.2) is 48.8 Å². The van der Waals surface area contributed by atoms with Gasteiger partial charge < -0.3 is 5.32 Å². The molecule has 0 fully saturated rings. The molecule has 0 atom stereocenters. The number of hydrogen-bond acceptors (Lipinski definition) is 4. The van der Waals surface area contributed by atoms with Crippen LogP contribution in [0.5, 0.6) is 0 Å². The highest BCUT2D eigenvalue weighted by molar-refractivity contribution is 7.88. The van der Waals surface area contributed by atoms with Crippen LogP contribution in [0.1, 0.15) is 23.1 Å². The van der Waals surface area contributed by atoms with E-state index in [4.69, 9.17) is 0 Å². The Bertz CT molecular complexity index is 807. The molecule has 25 heavy (non-hydrogen) atoms. The molecule has 134 valence electrons. The molecular formula is C18H23N3O3S. The maximum atomic E-state index is 12.0. The fourth-order valence-electron chi connectivity index (χ4n) is 2.36. The maximum Gasteiger partial charge on any atom is 0.221 e. The Balaban J connectivity index is 1.92. The molecule has 1 N–H and O–H groups in total. The van der Waals surface area contributed by atoms with Crippen LogP contribution in [0.25, 0.3) is 0 Å². The zero-order valence-corrected chi connectivity index (χ0v) is 15.3. The first kappa shape index (κ1) is 19.1. The van der Waals surface area contributed by atoms with Crippen LogP contribution < -0.4 is 5.32 Å². The first-order valence-corrected chi connectivity index (χ1v) is 9.86. The van der Waals surface area contributed by atoms with Crippen LogP contribution in [0, 0.1) is 6.92 Å². The molecule has 1 aromatic heterocycles. The molecule has 7 heteroatoms. The van der Waals surface area contributed by atoms with E-state index < -0.39 is 10.0 Å². The summed E-state index contributed by atoms with van der Waals surface area (Å²) in [5, 5.41) is 2.79. The van der Waals surface area contributed by atoms with Crippen molar-refractivity contribution in [3.05, 3.63) is 65.5 Å². The fourth-order valence-corrected chi connectivity index (χ4v) is 3.15. The second-order valence-electron chi connectivity index (χ2n) is 5.91. The SMILES string of the molecule is Cc1ccccc1CN(CCC(=O)NCc1ccncc1)S(C)(=O)=O. The van der Waals surface area contributed by atoms with E-state index >= 15 is 0 Å². The Kier molecular flexibility index (Phi) is 6.66. The first-order chi connectivity index (χ1) is 11.9. The van der Waals surface area contributed by atoms with Gasteiger partial charge in [0, 0.05) is 38.4 Å². The van der Waals surface area contributed by atoms with Crippen molar-refractivity contribution in [3.8, 4) is 0 Å². The van der Waals surface area contributed by atoms with Crippen LogP contribution in [0.2, 0.25) is 0 Å². The van der Waals surface area contributed by atoms with Crippen LogP contribution in [0.3, 0.4) is 0 Å². The maximum absolute atomic E-state index is 12.0. The van der Waals surface area contributed by atoms with E-state index in [0.29, 0.717) is 6.54 Å². The van der Waals surface area contributed by atoms with Gasteiger partial charge in [0.05, 0.1) is 6.26 Å². The Hall–Kier alpha value is -2.25. The van der Waals surface area contributed by atoms with E-state index in [9.17, 15) is 13.2 Å². The van der Waals surface area contributed by atoms with Gasteiger partial charge in [0.2, 0.25) is 15.9 Å². The van der Waals surface area contributed by atoms with Crippen LogP contribution in [0.4, 0.5) is 0 Å². The third-order valence-electron chi connectivity index (χ3n) is 3.90. The Morgan fingerprint density at radius 1 is 1.16 bits per heavy atom. The minimum atomic E-state index is -3.40. The zero-order valence-electron chi connectivity index (χ0n) is 14.5. The summed E-state index contributed by atoms with van der Waals surface area (Å²) in [5.74, 6) is -0.185. The second-order valence-corrected chi connectivity index (χ2v) is 7.89.